The Hall–Kier alpha value is -2.92. The van der Waals surface area contributed by atoms with Crippen LogP contribution in [0, 0.1) is 13.8 Å². The van der Waals surface area contributed by atoms with Crippen LogP contribution in [-0.4, -0.2) is 73.7 Å². The van der Waals surface area contributed by atoms with Gasteiger partial charge in [0.05, 0.1) is 23.1 Å². The molecule has 1 aliphatic rings. The van der Waals surface area contributed by atoms with Crippen LogP contribution in [0.15, 0.2) is 28.8 Å². The lowest BCUT2D eigenvalue weighted by molar-refractivity contribution is -0.135. The van der Waals surface area contributed by atoms with Crippen LogP contribution in [0.25, 0.3) is 0 Å². The second kappa shape index (κ2) is 9.48. The van der Waals surface area contributed by atoms with Crippen LogP contribution in [0.2, 0.25) is 0 Å². The van der Waals surface area contributed by atoms with Gasteiger partial charge in [-0.1, -0.05) is 11.2 Å². The Morgan fingerprint density at radius 3 is 2.48 bits per heavy atom. The van der Waals surface area contributed by atoms with Crippen LogP contribution in [0.4, 0.5) is 0 Å². The van der Waals surface area contributed by atoms with Crippen molar-refractivity contribution >= 4 is 21.9 Å². The second-order valence-electron chi connectivity index (χ2n) is 7.24. The third kappa shape index (κ3) is 5.82. The average Bonchev–Trinajstić information content (AvgIpc) is 3.07. The number of rotatable bonds is 7. The fourth-order valence-corrected chi connectivity index (χ4v) is 3.97. The van der Waals surface area contributed by atoms with Gasteiger partial charge in [0, 0.05) is 26.2 Å². The highest BCUT2D eigenvalue weighted by atomic mass is 32.2. The van der Waals surface area contributed by atoms with E-state index in [9.17, 15) is 18.0 Å². The third-order valence-electron chi connectivity index (χ3n) is 5.02. The zero-order chi connectivity index (χ0) is 22.6. The molecule has 0 bridgehead atoms. The number of piperazine rings is 1. The second-order valence-corrected chi connectivity index (χ2v) is 9.22. The molecule has 1 amide bonds. The minimum Gasteiger partial charge on any atom is -0.489 e. The van der Waals surface area contributed by atoms with Gasteiger partial charge in [-0.25, -0.2) is 13.2 Å². The number of hydrogen-bond acceptors (Lipinski definition) is 8. The Labute approximate surface area is 180 Å². The first-order valence-corrected chi connectivity index (χ1v) is 11.5. The Bertz CT molecular complexity index is 1040. The van der Waals surface area contributed by atoms with Crippen molar-refractivity contribution in [2.45, 2.75) is 20.5 Å². The lowest BCUT2D eigenvalue weighted by Gasteiger charge is -2.33. The van der Waals surface area contributed by atoms with E-state index in [0.717, 1.165) is 17.5 Å². The van der Waals surface area contributed by atoms with Crippen molar-refractivity contribution in [1.82, 2.24) is 14.4 Å². The van der Waals surface area contributed by atoms with Crippen LogP contribution >= 0.6 is 0 Å². The van der Waals surface area contributed by atoms with Gasteiger partial charge in [-0.15, -0.1) is 0 Å². The molecule has 1 fully saturated rings. The molecule has 0 N–H and O–H groups in total. The number of ether oxygens (including phenoxy) is 2. The maximum absolute atomic E-state index is 12.3. The number of carbonyl (C=O) groups is 2. The number of sulfonamides is 1. The Kier molecular flexibility index (Phi) is 6.96. The summed E-state index contributed by atoms with van der Waals surface area (Å²) in [7, 11) is -3.28. The zero-order valence-corrected chi connectivity index (χ0v) is 18.5. The summed E-state index contributed by atoms with van der Waals surface area (Å²) >= 11 is 0. The molecule has 0 aliphatic carbocycles. The van der Waals surface area contributed by atoms with Crippen molar-refractivity contribution in [3.63, 3.8) is 0 Å². The molecule has 3 rings (SSSR count). The molecule has 2 aromatic rings. The van der Waals surface area contributed by atoms with E-state index in [1.54, 1.807) is 25.1 Å². The molecule has 0 atom stereocenters. The molecule has 10 nitrogen and oxygen atoms in total. The van der Waals surface area contributed by atoms with Crippen LogP contribution in [0.1, 0.15) is 27.4 Å². The highest BCUT2D eigenvalue weighted by Gasteiger charge is 2.26. The minimum atomic E-state index is -3.28. The number of esters is 1. The number of aryl methyl sites for hydroxylation is 2. The van der Waals surface area contributed by atoms with Gasteiger partial charge in [-0.05, 0) is 32.0 Å². The fourth-order valence-electron chi connectivity index (χ4n) is 3.15. The van der Waals surface area contributed by atoms with Crippen molar-refractivity contribution in [3.05, 3.63) is 46.8 Å². The number of carbonyl (C=O) groups excluding carboxylic acids is 2. The molecule has 0 saturated carbocycles. The zero-order valence-electron chi connectivity index (χ0n) is 17.7. The van der Waals surface area contributed by atoms with Crippen LogP contribution in [0.3, 0.4) is 0 Å². The molecule has 1 aromatic carbocycles. The molecule has 0 unspecified atom stereocenters. The first kappa shape index (κ1) is 22.8. The first-order chi connectivity index (χ1) is 14.6. The third-order valence-corrected chi connectivity index (χ3v) is 6.32. The summed E-state index contributed by atoms with van der Waals surface area (Å²) in [4.78, 5) is 26.1. The quantitative estimate of drug-likeness (QED) is 0.575. The van der Waals surface area contributed by atoms with Crippen molar-refractivity contribution in [2.24, 2.45) is 0 Å². The molecule has 1 saturated heterocycles. The van der Waals surface area contributed by atoms with Gasteiger partial charge in [-0.2, -0.15) is 4.31 Å². The normalized spacial score (nSPS) is 15.0. The molecule has 1 aliphatic heterocycles. The topological polar surface area (TPSA) is 119 Å². The highest BCUT2D eigenvalue weighted by Crippen LogP contribution is 2.19. The SMILES string of the molecule is Cc1noc(C)c1COc1cccc(C(=O)OCC(=O)N2CCN(S(C)(=O)=O)CC2)c1. The van der Waals surface area contributed by atoms with E-state index < -0.39 is 22.6 Å². The molecule has 2 heterocycles. The maximum atomic E-state index is 12.3. The Balaban J connectivity index is 1.50. The summed E-state index contributed by atoms with van der Waals surface area (Å²) in [6.45, 7) is 4.42. The summed E-state index contributed by atoms with van der Waals surface area (Å²) in [5.74, 6) is 0.125. The summed E-state index contributed by atoms with van der Waals surface area (Å²) < 4.78 is 40.4. The standard InChI is InChI=1S/C20H25N3O7S/c1-14-18(15(2)30-21-14)12-28-17-6-4-5-16(11-17)20(25)29-13-19(24)22-7-9-23(10-8-22)31(3,26)27/h4-6,11H,7-10,12-13H2,1-3H3. The lowest BCUT2D eigenvalue weighted by Crippen LogP contribution is -2.51. The van der Waals surface area contributed by atoms with E-state index in [1.807, 2.05) is 6.92 Å². The summed E-state index contributed by atoms with van der Waals surface area (Å²) in [6.07, 6.45) is 1.14. The lowest BCUT2D eigenvalue weighted by atomic mass is 10.2. The number of benzene rings is 1. The van der Waals surface area contributed by atoms with Crippen LogP contribution < -0.4 is 4.74 Å². The molecule has 11 heteroatoms. The van der Waals surface area contributed by atoms with E-state index >= 15 is 0 Å². The highest BCUT2D eigenvalue weighted by molar-refractivity contribution is 7.88. The maximum Gasteiger partial charge on any atom is 0.338 e. The Morgan fingerprint density at radius 2 is 1.87 bits per heavy atom. The number of amides is 1. The molecule has 31 heavy (non-hydrogen) atoms. The van der Waals surface area contributed by atoms with Gasteiger partial charge >= 0.3 is 5.97 Å². The van der Waals surface area contributed by atoms with Crippen molar-refractivity contribution in [1.29, 1.82) is 0 Å². The molecule has 168 valence electrons. The average molecular weight is 452 g/mol. The van der Waals surface area contributed by atoms with Gasteiger partial charge in [0.2, 0.25) is 10.0 Å². The Morgan fingerprint density at radius 1 is 1.16 bits per heavy atom. The van der Waals surface area contributed by atoms with Gasteiger partial charge in [0.1, 0.15) is 18.1 Å². The van der Waals surface area contributed by atoms with E-state index in [1.165, 1.54) is 15.3 Å². The summed E-state index contributed by atoms with van der Waals surface area (Å²) in [6, 6.07) is 6.48. The number of aromatic nitrogens is 1. The monoisotopic (exact) mass is 451 g/mol. The van der Waals surface area contributed by atoms with Crippen LogP contribution in [0.5, 0.6) is 5.75 Å². The first-order valence-electron chi connectivity index (χ1n) is 9.70. The van der Waals surface area contributed by atoms with E-state index in [-0.39, 0.29) is 44.3 Å². The van der Waals surface area contributed by atoms with E-state index in [4.69, 9.17) is 14.0 Å². The van der Waals surface area contributed by atoms with Crippen molar-refractivity contribution < 1.29 is 32.0 Å². The number of hydrogen-bond donors (Lipinski definition) is 0. The predicted molar refractivity (Wildman–Crippen MR) is 110 cm³/mol. The van der Waals surface area contributed by atoms with Gasteiger partial charge in [0.15, 0.2) is 6.61 Å². The smallest absolute Gasteiger partial charge is 0.338 e. The molecule has 0 radical (unpaired) electrons. The van der Waals surface area contributed by atoms with Gasteiger partial charge in [-0.3, -0.25) is 4.79 Å². The largest absolute Gasteiger partial charge is 0.489 e. The summed E-state index contributed by atoms with van der Waals surface area (Å²) in [5, 5.41) is 3.87. The number of nitrogens with zero attached hydrogens (tertiary/aromatic N) is 3. The molecule has 1 aromatic heterocycles. The van der Waals surface area contributed by atoms with Gasteiger partial charge in [0.25, 0.3) is 5.91 Å². The van der Waals surface area contributed by atoms with Crippen molar-refractivity contribution in [2.75, 3.05) is 39.0 Å². The van der Waals surface area contributed by atoms with E-state index in [0.29, 0.717) is 11.5 Å². The summed E-state index contributed by atoms with van der Waals surface area (Å²) in [5.41, 5.74) is 1.84. The van der Waals surface area contributed by atoms with Gasteiger partial charge < -0.3 is 18.9 Å². The predicted octanol–water partition coefficient (Wildman–Crippen LogP) is 1.13. The fraction of sp³-hybridized carbons (Fsp3) is 0.450. The molecular formula is C20H25N3O7S. The molecular weight excluding hydrogens is 426 g/mol. The van der Waals surface area contributed by atoms with Crippen molar-refractivity contribution in [3.8, 4) is 5.75 Å². The minimum absolute atomic E-state index is 0.225. The van der Waals surface area contributed by atoms with E-state index in [2.05, 4.69) is 5.16 Å². The van der Waals surface area contributed by atoms with Crippen LogP contribution in [-0.2, 0) is 26.2 Å². The molecule has 0 spiro atoms.